The van der Waals surface area contributed by atoms with Gasteiger partial charge in [0.1, 0.15) is 0 Å². The normalized spacial score (nSPS) is 16.0. The molecule has 30 heavy (non-hydrogen) atoms. The summed E-state index contributed by atoms with van der Waals surface area (Å²) in [5.74, 6) is 1.64. The van der Waals surface area contributed by atoms with Crippen molar-refractivity contribution in [3.05, 3.63) is 71.5 Å². The minimum Gasteiger partial charge on any atom is -0.342 e. The summed E-state index contributed by atoms with van der Waals surface area (Å²) < 4.78 is 0. The van der Waals surface area contributed by atoms with Gasteiger partial charge in [0.25, 0.3) is 0 Å². The topological polar surface area (TPSA) is 46.1 Å². The number of thioether (sulfide) groups is 1. The average Bonchev–Trinajstić information content (AvgIpc) is 2.78. The van der Waals surface area contributed by atoms with Gasteiger partial charge >= 0.3 is 0 Å². The lowest BCUT2D eigenvalue weighted by atomic mass is 9.90. The molecule has 0 bridgehead atoms. The molecule has 0 aliphatic carbocycles. The van der Waals surface area contributed by atoms with Gasteiger partial charge in [-0.2, -0.15) is 0 Å². The Bertz CT molecular complexity index is 1000. The molecule has 1 unspecified atom stereocenters. The lowest BCUT2D eigenvalue weighted by molar-refractivity contribution is -0.131. The number of fused-ring (bicyclic) bond motifs is 1. The Morgan fingerprint density at radius 1 is 1.03 bits per heavy atom. The van der Waals surface area contributed by atoms with E-state index in [1.54, 1.807) is 11.8 Å². The maximum Gasteiger partial charge on any atom is 0.235 e. The third-order valence-electron chi connectivity index (χ3n) is 5.95. The number of piperidine rings is 1. The lowest BCUT2D eigenvalue weighted by Gasteiger charge is -2.33. The van der Waals surface area contributed by atoms with E-state index >= 15 is 0 Å². The molecule has 1 aliphatic rings. The molecule has 1 amide bonds. The number of hydrogen-bond acceptors (Lipinski definition) is 4. The Morgan fingerprint density at radius 2 is 1.67 bits per heavy atom. The standard InChI is InChI=1S/C25H29N3OS/c1-18-24(27-23-11-7-6-10-22(23)26-18)17-30-19(2)25(29)28-14-12-21(13-15-28)16-20-8-4-3-5-9-20/h3-11,19,21H,12-17H2,1-2H3. The average molecular weight is 420 g/mol. The number of hydrogen-bond donors (Lipinski definition) is 0. The van der Waals surface area contributed by atoms with Gasteiger partial charge in [-0.1, -0.05) is 42.5 Å². The molecule has 1 aliphatic heterocycles. The molecular weight excluding hydrogens is 390 g/mol. The van der Waals surface area contributed by atoms with E-state index in [-0.39, 0.29) is 11.2 Å². The molecule has 1 aromatic heterocycles. The van der Waals surface area contributed by atoms with Gasteiger partial charge in [-0.25, -0.2) is 9.97 Å². The molecule has 1 saturated heterocycles. The fourth-order valence-electron chi connectivity index (χ4n) is 4.10. The maximum absolute atomic E-state index is 13.0. The van der Waals surface area contributed by atoms with Crippen LogP contribution >= 0.6 is 11.8 Å². The molecule has 2 aromatic carbocycles. The first-order valence-corrected chi connectivity index (χ1v) is 11.8. The fraction of sp³-hybridized carbons (Fsp3) is 0.400. The number of benzene rings is 2. The van der Waals surface area contributed by atoms with Gasteiger partial charge in [0.05, 0.1) is 27.7 Å². The molecule has 4 nitrogen and oxygen atoms in total. The van der Waals surface area contributed by atoms with Gasteiger partial charge in [-0.15, -0.1) is 11.8 Å². The molecule has 3 aromatic rings. The summed E-state index contributed by atoms with van der Waals surface area (Å²) in [6, 6.07) is 18.6. The number of para-hydroxylation sites is 2. The summed E-state index contributed by atoms with van der Waals surface area (Å²) in [5.41, 5.74) is 5.16. The van der Waals surface area contributed by atoms with E-state index in [0.717, 1.165) is 54.8 Å². The van der Waals surface area contributed by atoms with Crippen LogP contribution in [0.1, 0.15) is 36.7 Å². The maximum atomic E-state index is 13.0. The highest BCUT2D eigenvalue weighted by Crippen LogP contribution is 2.26. The molecule has 2 heterocycles. The Balaban J connectivity index is 1.29. The first kappa shape index (κ1) is 20.9. The van der Waals surface area contributed by atoms with Crippen molar-refractivity contribution in [1.29, 1.82) is 0 Å². The van der Waals surface area contributed by atoms with Crippen LogP contribution in [0, 0.1) is 12.8 Å². The largest absolute Gasteiger partial charge is 0.342 e. The third-order valence-corrected chi connectivity index (χ3v) is 7.10. The highest BCUT2D eigenvalue weighted by atomic mass is 32.2. The number of carbonyl (C=O) groups is 1. The van der Waals surface area contributed by atoms with E-state index in [1.165, 1.54) is 5.56 Å². The molecular formula is C25H29N3OS. The Kier molecular flexibility index (Phi) is 6.68. The Hall–Kier alpha value is -2.40. The molecule has 1 fully saturated rings. The molecule has 5 heteroatoms. The van der Waals surface area contributed by atoms with Crippen molar-refractivity contribution in [2.75, 3.05) is 13.1 Å². The van der Waals surface area contributed by atoms with Crippen LogP contribution in [0.4, 0.5) is 0 Å². The van der Waals surface area contributed by atoms with E-state index in [9.17, 15) is 4.79 Å². The van der Waals surface area contributed by atoms with Crippen LogP contribution in [-0.4, -0.2) is 39.1 Å². The van der Waals surface area contributed by atoms with Gasteiger partial charge in [0.2, 0.25) is 5.91 Å². The quantitative estimate of drug-likeness (QED) is 0.561. The number of aromatic nitrogens is 2. The molecule has 0 saturated carbocycles. The van der Waals surface area contributed by atoms with Crippen LogP contribution in [0.2, 0.25) is 0 Å². The number of nitrogens with zero attached hydrogens (tertiary/aromatic N) is 3. The Labute approximate surface area is 183 Å². The van der Waals surface area contributed by atoms with Crippen molar-refractivity contribution in [1.82, 2.24) is 14.9 Å². The predicted molar refractivity (Wildman–Crippen MR) is 124 cm³/mol. The van der Waals surface area contributed by atoms with Crippen LogP contribution in [0.3, 0.4) is 0 Å². The van der Waals surface area contributed by atoms with Gasteiger partial charge in [0.15, 0.2) is 0 Å². The molecule has 0 radical (unpaired) electrons. The van der Waals surface area contributed by atoms with Crippen molar-refractivity contribution in [3.63, 3.8) is 0 Å². The molecule has 0 N–H and O–H groups in total. The molecule has 4 rings (SSSR count). The molecule has 1 atom stereocenters. The van der Waals surface area contributed by atoms with E-state index in [1.807, 2.05) is 38.1 Å². The van der Waals surface area contributed by atoms with Crippen LogP contribution in [0.15, 0.2) is 54.6 Å². The SMILES string of the molecule is Cc1nc2ccccc2nc1CSC(C)C(=O)N1CCC(Cc2ccccc2)CC1. The number of amides is 1. The van der Waals surface area contributed by atoms with Gasteiger partial charge in [-0.05, 0) is 56.7 Å². The van der Waals surface area contributed by atoms with E-state index in [2.05, 4.69) is 40.2 Å². The monoisotopic (exact) mass is 419 g/mol. The second-order valence-corrected chi connectivity index (χ2v) is 9.49. The smallest absolute Gasteiger partial charge is 0.235 e. The van der Waals surface area contributed by atoms with Gasteiger partial charge in [0, 0.05) is 18.8 Å². The van der Waals surface area contributed by atoms with Crippen LogP contribution in [0.5, 0.6) is 0 Å². The minimum atomic E-state index is -0.0663. The van der Waals surface area contributed by atoms with Crippen LogP contribution in [0.25, 0.3) is 11.0 Å². The second kappa shape index (κ2) is 9.61. The van der Waals surface area contributed by atoms with Crippen molar-refractivity contribution >= 4 is 28.7 Å². The second-order valence-electron chi connectivity index (χ2n) is 8.16. The zero-order valence-corrected chi connectivity index (χ0v) is 18.6. The fourth-order valence-corrected chi connectivity index (χ4v) is 5.07. The van der Waals surface area contributed by atoms with Gasteiger partial charge in [-0.3, -0.25) is 4.79 Å². The molecule has 0 spiro atoms. The van der Waals surface area contributed by atoms with Crippen LogP contribution < -0.4 is 0 Å². The summed E-state index contributed by atoms with van der Waals surface area (Å²) in [7, 11) is 0. The first-order chi connectivity index (χ1) is 14.6. The van der Waals surface area contributed by atoms with Crippen LogP contribution in [-0.2, 0) is 17.0 Å². The number of carbonyl (C=O) groups excluding carboxylic acids is 1. The van der Waals surface area contributed by atoms with E-state index < -0.39 is 0 Å². The van der Waals surface area contributed by atoms with Crippen molar-refractivity contribution in [3.8, 4) is 0 Å². The zero-order chi connectivity index (χ0) is 20.9. The van der Waals surface area contributed by atoms with E-state index in [4.69, 9.17) is 4.98 Å². The minimum absolute atomic E-state index is 0.0663. The van der Waals surface area contributed by atoms with Crippen molar-refractivity contribution in [2.45, 2.75) is 44.1 Å². The summed E-state index contributed by atoms with van der Waals surface area (Å²) in [6.07, 6.45) is 3.30. The molecule has 156 valence electrons. The predicted octanol–water partition coefficient (Wildman–Crippen LogP) is 5.04. The van der Waals surface area contributed by atoms with Crippen molar-refractivity contribution < 1.29 is 4.79 Å². The zero-order valence-electron chi connectivity index (χ0n) is 17.8. The summed E-state index contributed by atoms with van der Waals surface area (Å²) in [6.45, 7) is 5.76. The van der Waals surface area contributed by atoms with Gasteiger partial charge < -0.3 is 4.90 Å². The Morgan fingerprint density at radius 3 is 2.37 bits per heavy atom. The number of likely N-dealkylation sites (tertiary alicyclic amines) is 1. The number of rotatable bonds is 6. The summed E-state index contributed by atoms with van der Waals surface area (Å²) in [5, 5.41) is -0.0663. The number of aryl methyl sites for hydroxylation is 1. The highest BCUT2D eigenvalue weighted by Gasteiger charge is 2.26. The lowest BCUT2D eigenvalue weighted by Crippen LogP contribution is -2.42. The first-order valence-electron chi connectivity index (χ1n) is 10.8. The van der Waals surface area contributed by atoms with E-state index in [0.29, 0.717) is 11.7 Å². The summed E-state index contributed by atoms with van der Waals surface area (Å²) in [4.78, 5) is 24.4. The highest BCUT2D eigenvalue weighted by molar-refractivity contribution is 7.99. The summed E-state index contributed by atoms with van der Waals surface area (Å²) >= 11 is 1.66. The third kappa shape index (κ3) is 5.01. The van der Waals surface area contributed by atoms with Crippen molar-refractivity contribution in [2.24, 2.45) is 5.92 Å².